The van der Waals surface area contributed by atoms with Crippen LogP contribution in [0.2, 0.25) is 0 Å². The molecule has 1 heterocycles. The monoisotopic (exact) mass is 363 g/mol. The van der Waals surface area contributed by atoms with Gasteiger partial charge in [-0.15, -0.1) is 0 Å². The van der Waals surface area contributed by atoms with E-state index in [-0.39, 0.29) is 5.56 Å². The van der Waals surface area contributed by atoms with E-state index in [2.05, 4.69) is 4.98 Å². The zero-order valence-corrected chi connectivity index (χ0v) is 14.2. The van der Waals surface area contributed by atoms with Gasteiger partial charge in [-0.1, -0.05) is 12.1 Å². The summed E-state index contributed by atoms with van der Waals surface area (Å²) in [5, 5.41) is 0. The standard InChI is InChI=1S/C20H14F5N/c1-9-4-5-12(14-6-10(2)11(3)8-26-14)7-13(9)15-16(21)18(23)20(25)19(24)17(15)22/h4-8H,1-3H3. The van der Waals surface area contributed by atoms with Gasteiger partial charge in [0.05, 0.1) is 11.3 Å². The summed E-state index contributed by atoms with van der Waals surface area (Å²) in [4.78, 5) is 4.27. The molecule has 0 bridgehead atoms. The van der Waals surface area contributed by atoms with Crippen LogP contribution in [-0.2, 0) is 0 Å². The van der Waals surface area contributed by atoms with Crippen molar-refractivity contribution in [3.8, 4) is 22.4 Å². The normalized spacial score (nSPS) is 11.1. The Morgan fingerprint density at radius 1 is 0.654 bits per heavy atom. The molecule has 0 fully saturated rings. The largest absolute Gasteiger partial charge is 0.256 e. The third-order valence-corrected chi connectivity index (χ3v) is 4.38. The van der Waals surface area contributed by atoms with Crippen LogP contribution >= 0.6 is 0 Å². The quantitative estimate of drug-likeness (QED) is 0.307. The minimum absolute atomic E-state index is 0.0738. The van der Waals surface area contributed by atoms with Gasteiger partial charge in [0.2, 0.25) is 5.82 Å². The highest BCUT2D eigenvalue weighted by Crippen LogP contribution is 2.35. The molecule has 134 valence electrons. The minimum atomic E-state index is -2.17. The molecule has 3 rings (SSSR count). The summed E-state index contributed by atoms with van der Waals surface area (Å²) in [6, 6.07) is 6.41. The summed E-state index contributed by atoms with van der Waals surface area (Å²) in [5.41, 5.74) is 2.35. The van der Waals surface area contributed by atoms with Crippen LogP contribution in [0.4, 0.5) is 22.0 Å². The van der Waals surface area contributed by atoms with Gasteiger partial charge in [0.25, 0.3) is 0 Å². The number of hydrogen-bond acceptors (Lipinski definition) is 1. The van der Waals surface area contributed by atoms with Crippen molar-refractivity contribution in [2.24, 2.45) is 0 Å². The first-order valence-electron chi connectivity index (χ1n) is 7.78. The molecule has 0 N–H and O–H groups in total. The number of aryl methyl sites for hydroxylation is 3. The zero-order chi connectivity index (χ0) is 19.2. The van der Waals surface area contributed by atoms with E-state index in [4.69, 9.17) is 0 Å². The smallest absolute Gasteiger partial charge is 0.200 e. The highest BCUT2D eigenvalue weighted by atomic mass is 19.2. The van der Waals surface area contributed by atoms with E-state index in [1.807, 2.05) is 13.8 Å². The molecule has 0 atom stereocenters. The lowest BCUT2D eigenvalue weighted by molar-refractivity contribution is 0.381. The lowest BCUT2D eigenvalue weighted by atomic mass is 9.95. The fourth-order valence-electron chi connectivity index (χ4n) is 2.67. The number of pyridine rings is 1. The van der Waals surface area contributed by atoms with Crippen molar-refractivity contribution in [1.29, 1.82) is 0 Å². The first kappa shape index (κ1) is 18.0. The molecule has 0 radical (unpaired) electrons. The van der Waals surface area contributed by atoms with E-state index in [1.165, 1.54) is 13.0 Å². The van der Waals surface area contributed by atoms with E-state index < -0.39 is 34.6 Å². The highest BCUT2D eigenvalue weighted by molar-refractivity contribution is 5.75. The average molecular weight is 363 g/mol. The molecule has 2 aromatic carbocycles. The average Bonchev–Trinajstić information content (AvgIpc) is 2.62. The molecule has 26 heavy (non-hydrogen) atoms. The summed E-state index contributed by atoms with van der Waals surface area (Å²) < 4.78 is 68.8. The molecule has 0 saturated carbocycles. The number of rotatable bonds is 2. The Bertz CT molecular complexity index is 998. The second-order valence-corrected chi connectivity index (χ2v) is 6.13. The molecule has 6 heteroatoms. The van der Waals surface area contributed by atoms with E-state index in [0.717, 1.165) is 11.1 Å². The van der Waals surface area contributed by atoms with Gasteiger partial charge in [-0.25, -0.2) is 22.0 Å². The first-order valence-corrected chi connectivity index (χ1v) is 7.78. The predicted molar refractivity (Wildman–Crippen MR) is 89.1 cm³/mol. The van der Waals surface area contributed by atoms with Crippen molar-refractivity contribution in [2.75, 3.05) is 0 Å². The third-order valence-electron chi connectivity index (χ3n) is 4.38. The molecule has 0 aliphatic carbocycles. The molecule has 0 aliphatic rings. The van der Waals surface area contributed by atoms with Crippen LogP contribution in [0, 0.1) is 49.9 Å². The topological polar surface area (TPSA) is 12.9 Å². The fraction of sp³-hybridized carbons (Fsp3) is 0.150. The number of aromatic nitrogens is 1. The highest BCUT2D eigenvalue weighted by Gasteiger charge is 2.27. The number of halogens is 5. The van der Waals surface area contributed by atoms with E-state index in [9.17, 15) is 22.0 Å². The van der Waals surface area contributed by atoms with E-state index in [0.29, 0.717) is 16.8 Å². The number of nitrogens with zero attached hydrogens (tertiary/aromatic N) is 1. The van der Waals surface area contributed by atoms with E-state index >= 15 is 0 Å². The van der Waals surface area contributed by atoms with Gasteiger partial charge in [0, 0.05) is 11.8 Å². The van der Waals surface area contributed by atoms with Crippen LogP contribution in [0.5, 0.6) is 0 Å². The summed E-state index contributed by atoms with van der Waals surface area (Å²) in [5.74, 6) is -9.81. The summed E-state index contributed by atoms with van der Waals surface area (Å²) in [7, 11) is 0. The van der Waals surface area contributed by atoms with Crippen molar-refractivity contribution in [3.05, 3.63) is 76.2 Å². The van der Waals surface area contributed by atoms with Gasteiger partial charge in [-0.3, -0.25) is 4.98 Å². The van der Waals surface area contributed by atoms with Crippen LogP contribution in [0.1, 0.15) is 16.7 Å². The lowest BCUT2D eigenvalue weighted by Gasteiger charge is -2.13. The number of hydrogen-bond donors (Lipinski definition) is 0. The molecule has 0 saturated heterocycles. The Hall–Kier alpha value is -2.76. The van der Waals surface area contributed by atoms with Crippen LogP contribution in [-0.4, -0.2) is 4.98 Å². The van der Waals surface area contributed by atoms with Gasteiger partial charge in [0.1, 0.15) is 0 Å². The second kappa shape index (κ2) is 6.52. The maximum atomic E-state index is 14.2. The Morgan fingerprint density at radius 3 is 1.81 bits per heavy atom. The lowest BCUT2D eigenvalue weighted by Crippen LogP contribution is -2.05. The molecule has 0 aliphatic heterocycles. The SMILES string of the molecule is Cc1cnc(-c2ccc(C)c(-c3c(F)c(F)c(F)c(F)c3F)c2)cc1C. The molecule has 0 spiro atoms. The Labute approximate surface area is 147 Å². The van der Waals surface area contributed by atoms with Crippen molar-refractivity contribution >= 4 is 0 Å². The Kier molecular flexibility index (Phi) is 4.52. The maximum Gasteiger partial charge on any atom is 0.200 e. The Morgan fingerprint density at radius 2 is 1.23 bits per heavy atom. The van der Waals surface area contributed by atoms with Gasteiger partial charge in [0.15, 0.2) is 23.3 Å². The second-order valence-electron chi connectivity index (χ2n) is 6.13. The van der Waals surface area contributed by atoms with Crippen molar-refractivity contribution in [1.82, 2.24) is 4.98 Å². The van der Waals surface area contributed by atoms with Gasteiger partial charge in [-0.2, -0.15) is 0 Å². The first-order chi connectivity index (χ1) is 12.2. The van der Waals surface area contributed by atoms with Crippen LogP contribution < -0.4 is 0 Å². The van der Waals surface area contributed by atoms with Gasteiger partial charge >= 0.3 is 0 Å². The van der Waals surface area contributed by atoms with Crippen molar-refractivity contribution in [3.63, 3.8) is 0 Å². The predicted octanol–water partition coefficient (Wildman–Crippen LogP) is 6.04. The molecule has 1 aromatic heterocycles. The Balaban J connectivity index is 2.26. The zero-order valence-electron chi connectivity index (χ0n) is 14.2. The summed E-state index contributed by atoms with van der Waals surface area (Å²) >= 11 is 0. The molecule has 1 nitrogen and oxygen atoms in total. The van der Waals surface area contributed by atoms with Crippen molar-refractivity contribution in [2.45, 2.75) is 20.8 Å². The molecular formula is C20H14F5N. The maximum absolute atomic E-state index is 14.2. The molecule has 0 unspecified atom stereocenters. The summed E-state index contributed by atoms with van der Waals surface area (Å²) in [6.45, 7) is 5.31. The van der Waals surface area contributed by atoms with Gasteiger partial charge in [-0.05, 0) is 55.2 Å². The molecular weight excluding hydrogens is 349 g/mol. The van der Waals surface area contributed by atoms with Gasteiger partial charge < -0.3 is 0 Å². The minimum Gasteiger partial charge on any atom is -0.256 e. The third kappa shape index (κ3) is 2.85. The van der Waals surface area contributed by atoms with Crippen LogP contribution in [0.15, 0.2) is 30.5 Å². The summed E-state index contributed by atoms with van der Waals surface area (Å²) in [6.07, 6.45) is 1.66. The van der Waals surface area contributed by atoms with E-state index in [1.54, 1.807) is 24.4 Å². The van der Waals surface area contributed by atoms with Crippen molar-refractivity contribution < 1.29 is 22.0 Å². The fourth-order valence-corrected chi connectivity index (χ4v) is 2.67. The molecule has 3 aromatic rings. The van der Waals surface area contributed by atoms with Crippen LogP contribution in [0.25, 0.3) is 22.4 Å². The van der Waals surface area contributed by atoms with Crippen LogP contribution in [0.3, 0.4) is 0 Å². The molecule has 0 amide bonds. The number of benzene rings is 2.